The van der Waals surface area contributed by atoms with Gasteiger partial charge in [0.05, 0.1) is 18.8 Å². The van der Waals surface area contributed by atoms with Crippen molar-refractivity contribution in [2.75, 3.05) is 10.6 Å². The molecular weight excluding hydrogens is 246 g/mol. The van der Waals surface area contributed by atoms with Crippen LogP contribution in [-0.4, -0.2) is 27.0 Å². The summed E-state index contributed by atoms with van der Waals surface area (Å²) in [5.41, 5.74) is 2.01. The van der Waals surface area contributed by atoms with Crippen molar-refractivity contribution >= 4 is 23.5 Å². The Morgan fingerprint density at radius 2 is 2.21 bits per heavy atom. The van der Waals surface area contributed by atoms with Crippen molar-refractivity contribution in [3.63, 3.8) is 0 Å². The van der Waals surface area contributed by atoms with Crippen LogP contribution in [0.4, 0.5) is 11.6 Å². The highest BCUT2D eigenvalue weighted by Crippen LogP contribution is 2.23. The van der Waals surface area contributed by atoms with Gasteiger partial charge in [0.15, 0.2) is 0 Å². The van der Waals surface area contributed by atoms with Gasteiger partial charge in [0.2, 0.25) is 11.9 Å². The van der Waals surface area contributed by atoms with Gasteiger partial charge in [0.25, 0.3) is 5.91 Å². The fraction of sp³-hybridized carbons (Fsp3) is 0.0833. The molecule has 0 atom stereocenters. The van der Waals surface area contributed by atoms with E-state index in [0.717, 1.165) is 11.3 Å². The summed E-state index contributed by atoms with van der Waals surface area (Å²) in [6.45, 7) is 0. The molecule has 0 saturated carbocycles. The van der Waals surface area contributed by atoms with Gasteiger partial charge < -0.3 is 5.32 Å². The van der Waals surface area contributed by atoms with Gasteiger partial charge in [0.1, 0.15) is 0 Å². The summed E-state index contributed by atoms with van der Waals surface area (Å²) in [7, 11) is 0. The van der Waals surface area contributed by atoms with Crippen LogP contribution in [-0.2, 0) is 11.2 Å². The lowest BCUT2D eigenvalue weighted by Crippen LogP contribution is -2.14. The van der Waals surface area contributed by atoms with E-state index in [9.17, 15) is 9.59 Å². The summed E-state index contributed by atoms with van der Waals surface area (Å²) in [6, 6.07) is 5.02. The Morgan fingerprint density at radius 1 is 1.32 bits per heavy atom. The van der Waals surface area contributed by atoms with Gasteiger partial charge in [-0.25, -0.2) is 4.98 Å². The highest BCUT2D eigenvalue weighted by atomic mass is 16.2. The number of benzene rings is 1. The standard InChI is InChI=1S/C12H9N5O2/c18-10-6-8-5-7(1-2-9(8)15-10)11(19)16-12-13-3-4-14-17-12/h1-5H,6H2,(H,15,18)(H,13,16,17,19). The van der Waals surface area contributed by atoms with Crippen molar-refractivity contribution in [2.24, 2.45) is 0 Å². The zero-order chi connectivity index (χ0) is 13.2. The molecule has 19 heavy (non-hydrogen) atoms. The number of amides is 2. The first-order valence-corrected chi connectivity index (χ1v) is 5.60. The lowest BCUT2D eigenvalue weighted by molar-refractivity contribution is -0.115. The van der Waals surface area contributed by atoms with Gasteiger partial charge in [-0.3, -0.25) is 14.9 Å². The minimum Gasteiger partial charge on any atom is -0.326 e. The Kier molecular flexibility index (Phi) is 2.64. The second-order valence-electron chi connectivity index (χ2n) is 4.02. The third-order valence-electron chi connectivity index (χ3n) is 2.70. The van der Waals surface area contributed by atoms with Gasteiger partial charge in [-0.05, 0) is 23.8 Å². The van der Waals surface area contributed by atoms with Crippen LogP contribution < -0.4 is 10.6 Å². The van der Waals surface area contributed by atoms with Gasteiger partial charge >= 0.3 is 0 Å². The third kappa shape index (κ3) is 2.25. The summed E-state index contributed by atoms with van der Waals surface area (Å²) in [4.78, 5) is 27.1. The molecule has 2 N–H and O–H groups in total. The van der Waals surface area contributed by atoms with Crippen LogP contribution in [0.25, 0.3) is 0 Å². The van der Waals surface area contributed by atoms with Crippen LogP contribution in [0.1, 0.15) is 15.9 Å². The van der Waals surface area contributed by atoms with E-state index < -0.39 is 0 Å². The largest absolute Gasteiger partial charge is 0.326 e. The second-order valence-corrected chi connectivity index (χ2v) is 4.02. The molecule has 2 heterocycles. The van der Waals surface area contributed by atoms with Crippen molar-refractivity contribution in [3.8, 4) is 0 Å². The molecular formula is C12H9N5O2. The van der Waals surface area contributed by atoms with Crippen LogP contribution in [0.2, 0.25) is 0 Å². The van der Waals surface area contributed by atoms with Crippen molar-refractivity contribution in [1.29, 1.82) is 0 Å². The lowest BCUT2D eigenvalue weighted by atomic mass is 10.1. The van der Waals surface area contributed by atoms with E-state index >= 15 is 0 Å². The van der Waals surface area contributed by atoms with Crippen molar-refractivity contribution < 1.29 is 9.59 Å². The normalized spacial score (nSPS) is 12.7. The molecule has 0 unspecified atom stereocenters. The SMILES string of the molecule is O=C1Cc2cc(C(=O)Nc3nccnn3)ccc2N1. The monoisotopic (exact) mass is 255 g/mol. The van der Waals surface area contributed by atoms with Crippen molar-refractivity contribution in [2.45, 2.75) is 6.42 Å². The van der Waals surface area contributed by atoms with Gasteiger partial charge in [-0.15, -0.1) is 5.10 Å². The number of carbonyl (C=O) groups is 2. The van der Waals surface area contributed by atoms with E-state index in [0.29, 0.717) is 12.0 Å². The molecule has 0 saturated heterocycles. The van der Waals surface area contributed by atoms with Crippen LogP contribution in [0, 0.1) is 0 Å². The molecule has 94 valence electrons. The summed E-state index contributed by atoms with van der Waals surface area (Å²) >= 11 is 0. The molecule has 0 aliphatic carbocycles. The molecule has 3 rings (SSSR count). The van der Waals surface area contributed by atoms with E-state index in [4.69, 9.17) is 0 Å². The van der Waals surface area contributed by atoms with Crippen LogP contribution >= 0.6 is 0 Å². The molecule has 2 amide bonds. The predicted molar refractivity (Wildman–Crippen MR) is 66.6 cm³/mol. The molecule has 0 spiro atoms. The third-order valence-corrected chi connectivity index (χ3v) is 2.70. The predicted octanol–water partition coefficient (Wildman–Crippen LogP) is 0.618. The minimum absolute atomic E-state index is 0.0665. The maximum Gasteiger partial charge on any atom is 0.258 e. The molecule has 0 bridgehead atoms. The minimum atomic E-state index is -0.338. The molecule has 0 radical (unpaired) electrons. The Labute approximate surface area is 108 Å². The Morgan fingerprint density at radius 3 is 3.00 bits per heavy atom. The second kappa shape index (κ2) is 4.45. The smallest absolute Gasteiger partial charge is 0.258 e. The number of aromatic nitrogens is 3. The Bertz CT molecular complexity index is 656. The maximum absolute atomic E-state index is 12.0. The molecule has 2 aromatic rings. The molecule has 1 aromatic heterocycles. The molecule has 1 aliphatic heterocycles. The highest BCUT2D eigenvalue weighted by molar-refractivity contribution is 6.05. The van der Waals surface area contributed by atoms with Crippen molar-refractivity contribution in [1.82, 2.24) is 15.2 Å². The van der Waals surface area contributed by atoms with Gasteiger partial charge in [0, 0.05) is 11.3 Å². The zero-order valence-corrected chi connectivity index (χ0v) is 9.75. The number of anilines is 2. The maximum atomic E-state index is 12.0. The zero-order valence-electron chi connectivity index (χ0n) is 9.75. The number of rotatable bonds is 2. The first kappa shape index (κ1) is 11.3. The first-order valence-electron chi connectivity index (χ1n) is 5.60. The van der Waals surface area contributed by atoms with Gasteiger partial charge in [-0.2, -0.15) is 5.10 Å². The van der Waals surface area contributed by atoms with E-state index in [1.165, 1.54) is 12.4 Å². The average molecular weight is 255 g/mol. The molecule has 7 heteroatoms. The van der Waals surface area contributed by atoms with Gasteiger partial charge in [-0.1, -0.05) is 0 Å². The summed E-state index contributed by atoms with van der Waals surface area (Å²) in [5.74, 6) is -0.263. The highest BCUT2D eigenvalue weighted by Gasteiger charge is 2.19. The van der Waals surface area contributed by atoms with Crippen LogP contribution in [0.5, 0.6) is 0 Å². The Hall–Kier alpha value is -2.83. The van der Waals surface area contributed by atoms with Crippen LogP contribution in [0.15, 0.2) is 30.6 Å². The fourth-order valence-electron chi connectivity index (χ4n) is 1.85. The summed E-state index contributed by atoms with van der Waals surface area (Å²) in [6.07, 6.45) is 3.15. The molecule has 0 fully saturated rings. The summed E-state index contributed by atoms with van der Waals surface area (Å²) in [5, 5.41) is 12.5. The fourth-order valence-corrected chi connectivity index (χ4v) is 1.85. The van der Waals surface area contributed by atoms with E-state index in [1.54, 1.807) is 18.2 Å². The topological polar surface area (TPSA) is 96.9 Å². The number of hydrogen-bond donors (Lipinski definition) is 2. The number of carbonyl (C=O) groups excluding carboxylic acids is 2. The lowest BCUT2D eigenvalue weighted by Gasteiger charge is -2.04. The van der Waals surface area contributed by atoms with E-state index in [-0.39, 0.29) is 17.8 Å². The number of fused-ring (bicyclic) bond motifs is 1. The quantitative estimate of drug-likeness (QED) is 0.819. The molecule has 1 aromatic carbocycles. The Balaban J connectivity index is 1.82. The molecule has 1 aliphatic rings. The summed E-state index contributed by atoms with van der Waals surface area (Å²) < 4.78 is 0. The van der Waals surface area contributed by atoms with Crippen LogP contribution in [0.3, 0.4) is 0 Å². The average Bonchev–Trinajstić information content (AvgIpc) is 2.78. The molecule has 7 nitrogen and oxygen atoms in total. The van der Waals surface area contributed by atoms with Crippen molar-refractivity contribution in [3.05, 3.63) is 41.7 Å². The number of hydrogen-bond acceptors (Lipinski definition) is 5. The number of nitrogens with one attached hydrogen (secondary N) is 2. The van der Waals surface area contributed by atoms with E-state index in [1.807, 2.05) is 0 Å². The first-order chi connectivity index (χ1) is 9.22. The van der Waals surface area contributed by atoms with E-state index in [2.05, 4.69) is 25.8 Å². The number of nitrogens with zero attached hydrogens (tertiary/aromatic N) is 3.